The van der Waals surface area contributed by atoms with Gasteiger partial charge in [-0.2, -0.15) is 0 Å². The first kappa shape index (κ1) is 10.2. The number of halogens is 1. The zero-order chi connectivity index (χ0) is 9.84. The van der Waals surface area contributed by atoms with Crippen molar-refractivity contribution in [3.05, 3.63) is 27.2 Å². The van der Waals surface area contributed by atoms with Crippen molar-refractivity contribution in [2.45, 2.75) is 5.33 Å². The van der Waals surface area contributed by atoms with Crippen molar-refractivity contribution in [1.29, 1.82) is 0 Å². The molecule has 1 aromatic heterocycles. The van der Waals surface area contributed by atoms with Crippen LogP contribution in [-0.4, -0.2) is 13.1 Å². The Morgan fingerprint density at radius 3 is 2.92 bits per heavy atom. The van der Waals surface area contributed by atoms with Crippen LogP contribution >= 0.6 is 27.3 Å². The van der Waals surface area contributed by atoms with Crippen molar-refractivity contribution in [2.24, 2.45) is 0 Å². The third-order valence-corrected chi connectivity index (χ3v) is 3.45. The summed E-state index contributed by atoms with van der Waals surface area (Å²) in [5, 5.41) is 0.590. The minimum Gasteiger partial charge on any atom is -0.465 e. The molecule has 0 aromatic carbocycles. The summed E-state index contributed by atoms with van der Waals surface area (Å²) in [5.41, 5.74) is 0.516. The molecule has 3 nitrogen and oxygen atoms in total. The second kappa shape index (κ2) is 4.40. The minimum atomic E-state index is -0.387. The van der Waals surface area contributed by atoms with E-state index < -0.39 is 0 Å². The lowest BCUT2D eigenvalue weighted by Gasteiger charge is -1.91. The SMILES string of the molecule is [C-]#[N+]c1cc(C(=O)OC)sc1CBr. The molecule has 0 N–H and O–H groups in total. The Kier molecular flexibility index (Phi) is 3.46. The summed E-state index contributed by atoms with van der Waals surface area (Å²) in [6.07, 6.45) is 0. The fourth-order valence-electron chi connectivity index (χ4n) is 0.811. The number of hydrogen-bond acceptors (Lipinski definition) is 3. The molecular weight excluding hydrogens is 254 g/mol. The van der Waals surface area contributed by atoms with Gasteiger partial charge in [0.05, 0.1) is 13.7 Å². The van der Waals surface area contributed by atoms with Crippen LogP contribution in [0, 0.1) is 6.57 Å². The van der Waals surface area contributed by atoms with Crippen molar-refractivity contribution < 1.29 is 9.53 Å². The Labute approximate surface area is 88.3 Å². The first-order valence-corrected chi connectivity index (χ1v) is 5.31. The van der Waals surface area contributed by atoms with E-state index in [0.717, 1.165) is 4.88 Å². The van der Waals surface area contributed by atoms with Crippen LogP contribution in [0.2, 0.25) is 0 Å². The van der Waals surface area contributed by atoms with Gasteiger partial charge in [-0.05, 0) is 6.07 Å². The number of carbonyl (C=O) groups is 1. The standard InChI is InChI=1S/C8H6BrNO2S/c1-10-5-3-6(8(11)12-2)13-7(5)4-9/h3H,4H2,2H3. The third-order valence-electron chi connectivity index (χ3n) is 1.42. The van der Waals surface area contributed by atoms with Crippen LogP contribution in [0.15, 0.2) is 6.07 Å². The highest BCUT2D eigenvalue weighted by Gasteiger charge is 2.13. The lowest BCUT2D eigenvalue weighted by Crippen LogP contribution is -1.96. The zero-order valence-electron chi connectivity index (χ0n) is 6.83. The molecule has 0 atom stereocenters. The summed E-state index contributed by atoms with van der Waals surface area (Å²) in [4.78, 5) is 15.7. The van der Waals surface area contributed by atoms with Crippen molar-refractivity contribution in [3.63, 3.8) is 0 Å². The number of nitrogens with zero attached hydrogens (tertiary/aromatic N) is 1. The fourth-order valence-corrected chi connectivity index (χ4v) is 2.31. The monoisotopic (exact) mass is 259 g/mol. The maximum absolute atomic E-state index is 11.1. The van der Waals surface area contributed by atoms with Crippen LogP contribution in [0.1, 0.15) is 14.5 Å². The number of thiophene rings is 1. The molecule has 0 aliphatic heterocycles. The molecule has 0 unspecified atom stereocenters. The summed E-state index contributed by atoms with van der Waals surface area (Å²) in [6.45, 7) is 6.86. The molecule has 0 aliphatic carbocycles. The van der Waals surface area contributed by atoms with Gasteiger partial charge in [0, 0.05) is 10.2 Å². The van der Waals surface area contributed by atoms with E-state index in [1.165, 1.54) is 18.4 Å². The quantitative estimate of drug-likeness (QED) is 0.465. The van der Waals surface area contributed by atoms with Crippen LogP contribution in [0.25, 0.3) is 4.85 Å². The first-order chi connectivity index (χ1) is 6.22. The minimum absolute atomic E-state index is 0.387. The molecule has 0 aliphatic rings. The molecule has 1 aromatic rings. The van der Waals surface area contributed by atoms with Crippen molar-refractivity contribution in [3.8, 4) is 0 Å². The highest BCUT2D eigenvalue weighted by Crippen LogP contribution is 2.31. The van der Waals surface area contributed by atoms with Crippen LogP contribution in [0.4, 0.5) is 5.69 Å². The lowest BCUT2D eigenvalue weighted by molar-refractivity contribution is 0.0606. The lowest BCUT2D eigenvalue weighted by atomic mass is 10.4. The number of hydrogen-bond donors (Lipinski definition) is 0. The van der Waals surface area contributed by atoms with E-state index in [1.807, 2.05) is 0 Å². The Morgan fingerprint density at radius 2 is 2.54 bits per heavy atom. The molecule has 0 spiro atoms. The predicted octanol–water partition coefficient (Wildman–Crippen LogP) is 2.98. The Balaban J connectivity index is 3.08. The molecule has 0 saturated heterocycles. The molecule has 0 bridgehead atoms. The van der Waals surface area contributed by atoms with Gasteiger partial charge in [0.15, 0.2) is 0 Å². The van der Waals surface area contributed by atoms with Gasteiger partial charge in [-0.1, -0.05) is 15.9 Å². The number of alkyl halides is 1. The van der Waals surface area contributed by atoms with Crippen LogP contribution in [0.5, 0.6) is 0 Å². The van der Waals surface area contributed by atoms with Gasteiger partial charge < -0.3 is 4.74 Å². The van der Waals surface area contributed by atoms with Gasteiger partial charge in [-0.25, -0.2) is 9.64 Å². The van der Waals surface area contributed by atoms with Crippen LogP contribution < -0.4 is 0 Å². The second-order valence-electron chi connectivity index (χ2n) is 2.16. The van der Waals surface area contributed by atoms with E-state index in [9.17, 15) is 4.79 Å². The van der Waals surface area contributed by atoms with E-state index in [-0.39, 0.29) is 5.97 Å². The van der Waals surface area contributed by atoms with Gasteiger partial charge in [-0.3, -0.25) is 0 Å². The van der Waals surface area contributed by atoms with E-state index in [4.69, 9.17) is 6.57 Å². The van der Waals surface area contributed by atoms with Gasteiger partial charge >= 0.3 is 5.97 Å². The predicted molar refractivity (Wildman–Crippen MR) is 54.6 cm³/mol. The van der Waals surface area contributed by atoms with Crippen molar-refractivity contribution in [1.82, 2.24) is 0 Å². The van der Waals surface area contributed by atoms with E-state index in [0.29, 0.717) is 15.9 Å². The number of ether oxygens (including phenoxy) is 1. The molecule has 68 valence electrons. The molecule has 0 saturated carbocycles. The summed E-state index contributed by atoms with van der Waals surface area (Å²) >= 11 is 4.53. The number of methoxy groups -OCH3 is 1. The van der Waals surface area contributed by atoms with Gasteiger partial charge in [0.1, 0.15) is 4.88 Å². The molecule has 13 heavy (non-hydrogen) atoms. The van der Waals surface area contributed by atoms with Crippen molar-refractivity contribution in [2.75, 3.05) is 7.11 Å². The Morgan fingerprint density at radius 1 is 1.85 bits per heavy atom. The first-order valence-electron chi connectivity index (χ1n) is 3.37. The summed E-state index contributed by atoms with van der Waals surface area (Å²) < 4.78 is 4.55. The summed E-state index contributed by atoms with van der Waals surface area (Å²) in [5.74, 6) is -0.387. The molecular formula is C8H6BrNO2S. The molecule has 5 heteroatoms. The third kappa shape index (κ3) is 2.08. The highest BCUT2D eigenvalue weighted by molar-refractivity contribution is 9.08. The Hall–Kier alpha value is -0.860. The fraction of sp³-hybridized carbons (Fsp3) is 0.250. The normalized spacial score (nSPS) is 9.31. The van der Waals surface area contributed by atoms with E-state index >= 15 is 0 Å². The largest absolute Gasteiger partial charge is 0.465 e. The van der Waals surface area contributed by atoms with Gasteiger partial charge in [0.25, 0.3) is 0 Å². The summed E-state index contributed by atoms with van der Waals surface area (Å²) in [7, 11) is 1.33. The smallest absolute Gasteiger partial charge is 0.346 e. The average molecular weight is 260 g/mol. The average Bonchev–Trinajstić information content (AvgIpc) is 2.59. The van der Waals surface area contributed by atoms with Gasteiger partial charge in [-0.15, -0.1) is 11.3 Å². The molecule has 1 rings (SSSR count). The topological polar surface area (TPSA) is 30.7 Å². The zero-order valence-corrected chi connectivity index (χ0v) is 9.24. The van der Waals surface area contributed by atoms with E-state index in [2.05, 4.69) is 25.5 Å². The second-order valence-corrected chi connectivity index (χ2v) is 3.85. The number of carbonyl (C=O) groups excluding carboxylic acids is 1. The summed E-state index contributed by atoms with van der Waals surface area (Å²) in [6, 6.07) is 1.56. The van der Waals surface area contributed by atoms with Crippen LogP contribution in [-0.2, 0) is 10.1 Å². The highest BCUT2D eigenvalue weighted by atomic mass is 79.9. The molecule has 0 fully saturated rings. The van der Waals surface area contributed by atoms with Crippen molar-refractivity contribution >= 4 is 38.9 Å². The molecule has 1 heterocycles. The molecule has 0 radical (unpaired) electrons. The van der Waals surface area contributed by atoms with Crippen LogP contribution in [0.3, 0.4) is 0 Å². The molecule has 0 amide bonds. The van der Waals surface area contributed by atoms with Gasteiger partial charge in [0.2, 0.25) is 5.69 Å². The van der Waals surface area contributed by atoms with E-state index in [1.54, 1.807) is 6.07 Å². The number of esters is 1. The maximum Gasteiger partial charge on any atom is 0.346 e. The Bertz CT molecular complexity index is 367. The maximum atomic E-state index is 11.1. The number of rotatable bonds is 2.